The second-order valence-corrected chi connectivity index (χ2v) is 8.21. The monoisotopic (exact) mass is 462 g/mol. The lowest BCUT2D eigenvalue weighted by atomic mass is 9.92. The molecule has 1 aliphatic rings. The van der Waals surface area contributed by atoms with Gasteiger partial charge in [-0.05, 0) is 42.3 Å². The molecule has 3 amide bonds. The molecule has 2 atom stereocenters. The topological polar surface area (TPSA) is 105 Å². The summed E-state index contributed by atoms with van der Waals surface area (Å²) < 4.78 is 0. The number of anilines is 2. The molecule has 164 valence electrons. The third-order valence-corrected chi connectivity index (χ3v) is 6.06. The van der Waals surface area contributed by atoms with Gasteiger partial charge in [0.1, 0.15) is 6.04 Å². The van der Waals surface area contributed by atoms with Crippen molar-refractivity contribution in [1.82, 2.24) is 5.32 Å². The number of carbonyl (C=O) groups is 3. The van der Waals surface area contributed by atoms with Crippen molar-refractivity contribution in [3.05, 3.63) is 57.6 Å². The van der Waals surface area contributed by atoms with E-state index in [0.717, 1.165) is 0 Å². The first kappa shape index (κ1) is 23.1. The molecule has 0 spiro atoms. The number of rotatable bonds is 6. The molecule has 2 aromatic carbocycles. The molecule has 0 aromatic heterocycles. The first-order valence-corrected chi connectivity index (χ1v) is 10.8. The fourth-order valence-corrected chi connectivity index (χ4v) is 3.79. The summed E-state index contributed by atoms with van der Waals surface area (Å²) >= 11 is 12.1. The Hall–Kier alpha value is -2.61. The van der Waals surface area contributed by atoms with E-state index in [1.165, 1.54) is 11.0 Å². The maximum absolute atomic E-state index is 13.5. The number of hydrogen-bond donors (Lipinski definition) is 3. The van der Waals surface area contributed by atoms with E-state index in [-0.39, 0.29) is 28.7 Å². The molecule has 31 heavy (non-hydrogen) atoms. The van der Waals surface area contributed by atoms with Crippen molar-refractivity contribution in [1.29, 1.82) is 0 Å². The van der Waals surface area contributed by atoms with Crippen molar-refractivity contribution in [2.24, 2.45) is 11.7 Å². The van der Waals surface area contributed by atoms with Gasteiger partial charge in [0.25, 0.3) is 11.8 Å². The second-order valence-electron chi connectivity index (χ2n) is 7.40. The molecule has 0 saturated heterocycles. The predicted molar refractivity (Wildman–Crippen MR) is 123 cm³/mol. The number of nitrogens with two attached hydrogens (primary N) is 1. The molecule has 2 unspecified atom stereocenters. The number of halogens is 2. The predicted octanol–water partition coefficient (Wildman–Crippen LogP) is 3.70. The van der Waals surface area contributed by atoms with Crippen LogP contribution >= 0.6 is 23.2 Å². The first-order valence-electron chi connectivity index (χ1n) is 10.00. The lowest BCUT2D eigenvalue weighted by molar-refractivity contribution is -0.118. The third kappa shape index (κ3) is 4.69. The number of carbonyl (C=O) groups excluding carboxylic acids is 3. The van der Waals surface area contributed by atoms with Gasteiger partial charge in [-0.1, -0.05) is 43.5 Å². The van der Waals surface area contributed by atoms with Crippen molar-refractivity contribution >= 4 is 52.3 Å². The Morgan fingerprint density at radius 2 is 1.87 bits per heavy atom. The molecular weight excluding hydrogens is 439 g/mol. The summed E-state index contributed by atoms with van der Waals surface area (Å²) in [6.45, 7) is 4.52. The number of hydrogen-bond acceptors (Lipinski definition) is 4. The van der Waals surface area contributed by atoms with Gasteiger partial charge in [-0.25, -0.2) is 0 Å². The largest absolute Gasteiger partial charge is 0.351 e. The van der Waals surface area contributed by atoms with Crippen LogP contribution in [0.5, 0.6) is 0 Å². The Kier molecular flexibility index (Phi) is 7.20. The standard InChI is InChI=1S/C22H24Cl2N4O3/c1-3-12(2)19-21(30)27-17-11-13(20(29)26-9-8-25)5-7-18(17)28(19)22(31)14-4-6-15(23)16(24)10-14/h4-7,10-12,19H,3,8-9,25H2,1-2H3,(H,26,29)(H,27,30). The van der Waals surface area contributed by atoms with E-state index in [4.69, 9.17) is 28.9 Å². The molecule has 3 rings (SSSR count). The van der Waals surface area contributed by atoms with Crippen molar-refractivity contribution < 1.29 is 14.4 Å². The van der Waals surface area contributed by atoms with Gasteiger partial charge in [0.15, 0.2) is 0 Å². The molecule has 0 aliphatic carbocycles. The van der Waals surface area contributed by atoms with Crippen LogP contribution in [0.15, 0.2) is 36.4 Å². The van der Waals surface area contributed by atoms with E-state index in [1.54, 1.807) is 30.3 Å². The van der Waals surface area contributed by atoms with E-state index in [0.29, 0.717) is 47.0 Å². The van der Waals surface area contributed by atoms with Gasteiger partial charge < -0.3 is 16.4 Å². The van der Waals surface area contributed by atoms with Crippen molar-refractivity contribution in [3.63, 3.8) is 0 Å². The number of nitrogens with one attached hydrogen (secondary N) is 2. The first-order chi connectivity index (χ1) is 14.8. The summed E-state index contributed by atoms with van der Waals surface area (Å²) in [7, 11) is 0. The van der Waals surface area contributed by atoms with Gasteiger partial charge in [0.05, 0.1) is 21.4 Å². The smallest absolute Gasteiger partial charge is 0.259 e. The van der Waals surface area contributed by atoms with Crippen LogP contribution in [0, 0.1) is 5.92 Å². The molecule has 0 radical (unpaired) electrons. The lowest BCUT2D eigenvalue weighted by Gasteiger charge is -2.39. The van der Waals surface area contributed by atoms with Crippen molar-refractivity contribution in [2.75, 3.05) is 23.3 Å². The summed E-state index contributed by atoms with van der Waals surface area (Å²) in [4.78, 5) is 40.3. The van der Waals surface area contributed by atoms with Crippen LogP contribution in [0.2, 0.25) is 10.0 Å². The molecule has 4 N–H and O–H groups in total. The molecule has 0 fully saturated rings. The highest BCUT2D eigenvalue weighted by atomic mass is 35.5. The molecular formula is C22H24Cl2N4O3. The van der Waals surface area contributed by atoms with Crippen LogP contribution in [0.25, 0.3) is 0 Å². The van der Waals surface area contributed by atoms with Crippen LogP contribution < -0.4 is 21.3 Å². The summed E-state index contributed by atoms with van der Waals surface area (Å²) in [5.41, 5.74) is 7.00. The SMILES string of the molecule is CCC(C)C1C(=O)Nc2cc(C(=O)NCCN)ccc2N1C(=O)c1ccc(Cl)c(Cl)c1. The summed E-state index contributed by atoms with van der Waals surface area (Å²) in [5, 5.41) is 6.12. The van der Waals surface area contributed by atoms with Crippen LogP contribution in [0.3, 0.4) is 0 Å². The van der Waals surface area contributed by atoms with E-state index in [1.807, 2.05) is 13.8 Å². The number of benzene rings is 2. The maximum atomic E-state index is 13.5. The van der Waals surface area contributed by atoms with Gasteiger partial charge in [0, 0.05) is 24.2 Å². The zero-order valence-corrected chi connectivity index (χ0v) is 18.8. The Morgan fingerprint density at radius 3 is 2.52 bits per heavy atom. The minimum atomic E-state index is -0.712. The minimum absolute atomic E-state index is 0.104. The van der Waals surface area contributed by atoms with Crippen LogP contribution in [0.1, 0.15) is 41.0 Å². The van der Waals surface area contributed by atoms with Crippen molar-refractivity contribution in [2.45, 2.75) is 26.3 Å². The van der Waals surface area contributed by atoms with E-state index >= 15 is 0 Å². The van der Waals surface area contributed by atoms with Gasteiger partial charge >= 0.3 is 0 Å². The van der Waals surface area contributed by atoms with Gasteiger partial charge in [0.2, 0.25) is 5.91 Å². The average Bonchev–Trinajstić information content (AvgIpc) is 2.76. The van der Waals surface area contributed by atoms with Gasteiger partial charge in [-0.3, -0.25) is 19.3 Å². The molecule has 1 aliphatic heterocycles. The molecule has 0 bridgehead atoms. The fourth-order valence-electron chi connectivity index (χ4n) is 3.49. The molecule has 7 nitrogen and oxygen atoms in total. The summed E-state index contributed by atoms with van der Waals surface area (Å²) in [6, 6.07) is 8.73. The Bertz CT molecular complexity index is 1030. The number of fused-ring (bicyclic) bond motifs is 1. The molecule has 9 heteroatoms. The normalized spacial score (nSPS) is 16.4. The van der Waals surface area contributed by atoms with Crippen LogP contribution in [0.4, 0.5) is 11.4 Å². The second kappa shape index (κ2) is 9.68. The summed E-state index contributed by atoms with van der Waals surface area (Å²) in [6.07, 6.45) is 0.693. The van der Waals surface area contributed by atoms with Gasteiger partial charge in [-0.2, -0.15) is 0 Å². The van der Waals surface area contributed by atoms with Crippen LogP contribution in [-0.4, -0.2) is 36.9 Å². The zero-order chi connectivity index (χ0) is 22.7. The quantitative estimate of drug-likeness (QED) is 0.608. The lowest BCUT2D eigenvalue weighted by Crippen LogP contribution is -2.54. The maximum Gasteiger partial charge on any atom is 0.259 e. The highest BCUT2D eigenvalue weighted by Gasteiger charge is 2.40. The van der Waals surface area contributed by atoms with Crippen LogP contribution in [-0.2, 0) is 4.79 Å². The zero-order valence-electron chi connectivity index (χ0n) is 17.2. The van der Waals surface area contributed by atoms with E-state index in [2.05, 4.69) is 10.6 Å². The third-order valence-electron chi connectivity index (χ3n) is 5.32. The fraction of sp³-hybridized carbons (Fsp3) is 0.318. The molecule has 2 aromatic rings. The highest BCUT2D eigenvalue weighted by Crippen LogP contribution is 2.37. The average molecular weight is 463 g/mol. The Morgan fingerprint density at radius 1 is 1.16 bits per heavy atom. The minimum Gasteiger partial charge on any atom is -0.351 e. The van der Waals surface area contributed by atoms with E-state index < -0.39 is 6.04 Å². The molecule has 0 saturated carbocycles. The number of nitrogens with zero attached hydrogens (tertiary/aromatic N) is 1. The van der Waals surface area contributed by atoms with Crippen molar-refractivity contribution in [3.8, 4) is 0 Å². The van der Waals surface area contributed by atoms with Gasteiger partial charge in [-0.15, -0.1) is 0 Å². The number of amides is 3. The molecule has 1 heterocycles. The summed E-state index contributed by atoms with van der Waals surface area (Å²) in [5.74, 6) is -1.10. The Labute approximate surface area is 190 Å². The Balaban J connectivity index is 2.07. The highest BCUT2D eigenvalue weighted by molar-refractivity contribution is 6.42. The van der Waals surface area contributed by atoms with E-state index in [9.17, 15) is 14.4 Å².